The number of hydrogen-bond acceptors (Lipinski definition) is 4. The monoisotopic (exact) mass is 464 g/mol. The molecule has 0 saturated heterocycles. The summed E-state index contributed by atoms with van der Waals surface area (Å²) in [4.78, 5) is 8.45. The van der Waals surface area contributed by atoms with Crippen LogP contribution in [-0.2, 0) is 6.54 Å². The van der Waals surface area contributed by atoms with Crippen LogP contribution in [0.2, 0.25) is 5.02 Å². The van der Waals surface area contributed by atoms with E-state index in [-0.39, 0.29) is 24.0 Å². The second-order valence-corrected chi connectivity index (χ2v) is 5.29. The molecule has 1 aromatic heterocycles. The standard InChI is InChI=1S/C16H21ClN4O2.HI/c1-11-12(2)23-15(21-11)10-20-16(18-3)19-8-9-22-14-7-5-4-6-13(14)17;/h4-7H,8-10H2,1-3H3,(H2,18,19,20);1H. The molecule has 2 N–H and O–H groups in total. The number of nitrogens with one attached hydrogen (secondary N) is 2. The first-order valence-electron chi connectivity index (χ1n) is 7.35. The van der Waals surface area contributed by atoms with E-state index in [0.717, 1.165) is 11.5 Å². The number of nitrogens with zero attached hydrogens (tertiary/aromatic N) is 2. The third kappa shape index (κ3) is 6.20. The van der Waals surface area contributed by atoms with Gasteiger partial charge in [0.05, 0.1) is 23.8 Å². The number of aromatic nitrogens is 1. The number of hydrogen-bond donors (Lipinski definition) is 2. The number of benzene rings is 1. The fourth-order valence-electron chi connectivity index (χ4n) is 1.89. The van der Waals surface area contributed by atoms with E-state index >= 15 is 0 Å². The zero-order valence-electron chi connectivity index (χ0n) is 13.9. The molecule has 0 radical (unpaired) electrons. The summed E-state index contributed by atoms with van der Waals surface area (Å²) in [5.41, 5.74) is 0.901. The first-order chi connectivity index (χ1) is 11.1. The highest BCUT2D eigenvalue weighted by atomic mass is 127. The lowest BCUT2D eigenvalue weighted by Crippen LogP contribution is -2.38. The molecule has 0 aliphatic carbocycles. The summed E-state index contributed by atoms with van der Waals surface area (Å²) in [6.07, 6.45) is 0. The second kappa shape index (κ2) is 10.4. The van der Waals surface area contributed by atoms with Crippen LogP contribution >= 0.6 is 35.6 Å². The largest absolute Gasteiger partial charge is 0.490 e. The van der Waals surface area contributed by atoms with Gasteiger partial charge in [-0.25, -0.2) is 4.98 Å². The number of halogens is 2. The van der Waals surface area contributed by atoms with Gasteiger partial charge in [-0.3, -0.25) is 4.99 Å². The summed E-state index contributed by atoms with van der Waals surface area (Å²) in [7, 11) is 1.70. The number of aliphatic imine (C=N–C) groups is 1. The normalized spacial score (nSPS) is 10.9. The molecule has 24 heavy (non-hydrogen) atoms. The Bertz CT molecular complexity index is 656. The summed E-state index contributed by atoms with van der Waals surface area (Å²) in [5.74, 6) is 2.79. The maximum atomic E-state index is 6.03. The smallest absolute Gasteiger partial charge is 0.214 e. The zero-order chi connectivity index (χ0) is 16.7. The summed E-state index contributed by atoms with van der Waals surface area (Å²) in [5, 5.41) is 6.89. The van der Waals surface area contributed by atoms with Gasteiger partial charge in [0.25, 0.3) is 0 Å². The SMILES string of the molecule is CN=C(NCCOc1ccccc1Cl)NCc1nc(C)c(C)o1.I. The van der Waals surface area contributed by atoms with Crippen LogP contribution in [0.3, 0.4) is 0 Å². The third-order valence-electron chi connectivity index (χ3n) is 3.19. The number of para-hydroxylation sites is 1. The van der Waals surface area contributed by atoms with Gasteiger partial charge in [-0.2, -0.15) is 0 Å². The van der Waals surface area contributed by atoms with Crippen molar-refractivity contribution in [2.75, 3.05) is 20.2 Å². The molecule has 0 saturated carbocycles. The van der Waals surface area contributed by atoms with Gasteiger partial charge < -0.3 is 19.8 Å². The van der Waals surface area contributed by atoms with Crippen molar-refractivity contribution < 1.29 is 9.15 Å². The van der Waals surface area contributed by atoms with Crippen molar-refractivity contribution in [1.29, 1.82) is 0 Å². The minimum absolute atomic E-state index is 0. The number of rotatable bonds is 6. The number of guanidine groups is 1. The van der Waals surface area contributed by atoms with Crippen molar-refractivity contribution in [3.63, 3.8) is 0 Å². The van der Waals surface area contributed by atoms with Crippen LogP contribution in [0.4, 0.5) is 0 Å². The fourth-order valence-corrected chi connectivity index (χ4v) is 2.08. The van der Waals surface area contributed by atoms with Gasteiger partial charge in [-0.05, 0) is 26.0 Å². The minimum Gasteiger partial charge on any atom is -0.490 e. The quantitative estimate of drug-likeness (QED) is 0.297. The maximum absolute atomic E-state index is 6.03. The minimum atomic E-state index is 0. The van der Waals surface area contributed by atoms with E-state index in [0.29, 0.717) is 42.3 Å². The molecule has 6 nitrogen and oxygen atoms in total. The van der Waals surface area contributed by atoms with Gasteiger partial charge in [-0.15, -0.1) is 24.0 Å². The third-order valence-corrected chi connectivity index (χ3v) is 3.50. The first-order valence-corrected chi connectivity index (χ1v) is 7.72. The molecule has 0 bridgehead atoms. The molecule has 0 aliphatic heterocycles. The Hall–Kier alpha value is -1.48. The summed E-state index contributed by atoms with van der Waals surface area (Å²) < 4.78 is 11.1. The topological polar surface area (TPSA) is 71.7 Å². The highest BCUT2D eigenvalue weighted by Crippen LogP contribution is 2.22. The van der Waals surface area contributed by atoms with Gasteiger partial charge in [0.1, 0.15) is 18.1 Å². The van der Waals surface area contributed by atoms with Crippen molar-refractivity contribution in [3.05, 3.63) is 46.6 Å². The van der Waals surface area contributed by atoms with E-state index < -0.39 is 0 Å². The first kappa shape index (κ1) is 20.6. The van der Waals surface area contributed by atoms with Crippen LogP contribution in [0.5, 0.6) is 5.75 Å². The van der Waals surface area contributed by atoms with Gasteiger partial charge in [-0.1, -0.05) is 23.7 Å². The van der Waals surface area contributed by atoms with E-state index in [1.807, 2.05) is 32.0 Å². The highest BCUT2D eigenvalue weighted by molar-refractivity contribution is 14.0. The highest BCUT2D eigenvalue weighted by Gasteiger charge is 2.06. The predicted molar refractivity (Wildman–Crippen MR) is 107 cm³/mol. The Labute approximate surface area is 164 Å². The molecule has 0 aliphatic rings. The molecule has 8 heteroatoms. The number of ether oxygens (including phenoxy) is 1. The molecule has 1 aromatic carbocycles. The fraction of sp³-hybridized carbons (Fsp3) is 0.375. The van der Waals surface area contributed by atoms with Crippen LogP contribution < -0.4 is 15.4 Å². The maximum Gasteiger partial charge on any atom is 0.214 e. The van der Waals surface area contributed by atoms with Crippen LogP contribution in [0.25, 0.3) is 0 Å². The number of aryl methyl sites for hydroxylation is 2. The predicted octanol–water partition coefficient (Wildman–Crippen LogP) is 3.31. The van der Waals surface area contributed by atoms with Gasteiger partial charge >= 0.3 is 0 Å². The van der Waals surface area contributed by atoms with Crippen molar-refractivity contribution in [3.8, 4) is 5.75 Å². The van der Waals surface area contributed by atoms with E-state index in [4.69, 9.17) is 20.8 Å². The van der Waals surface area contributed by atoms with Crippen LogP contribution in [0.15, 0.2) is 33.7 Å². The molecule has 0 spiro atoms. The average Bonchev–Trinajstić information content (AvgIpc) is 2.86. The molecule has 0 unspecified atom stereocenters. The molecule has 132 valence electrons. The summed E-state index contributed by atoms with van der Waals surface area (Å²) in [6, 6.07) is 7.38. The second-order valence-electron chi connectivity index (χ2n) is 4.88. The van der Waals surface area contributed by atoms with Crippen molar-refractivity contribution in [1.82, 2.24) is 15.6 Å². The molecule has 2 aromatic rings. The van der Waals surface area contributed by atoms with Crippen molar-refractivity contribution in [2.24, 2.45) is 4.99 Å². The molecular formula is C16H22ClIN4O2. The Balaban J connectivity index is 0.00000288. The Morgan fingerprint density at radius 2 is 2.04 bits per heavy atom. The molecule has 0 atom stereocenters. The van der Waals surface area contributed by atoms with E-state index in [1.165, 1.54) is 0 Å². The Morgan fingerprint density at radius 3 is 2.67 bits per heavy atom. The van der Waals surface area contributed by atoms with Crippen LogP contribution in [-0.4, -0.2) is 31.1 Å². The van der Waals surface area contributed by atoms with Crippen molar-refractivity contribution >= 4 is 41.5 Å². The lowest BCUT2D eigenvalue weighted by Gasteiger charge is -2.12. The Kier molecular flexibility index (Phi) is 8.91. The average molecular weight is 465 g/mol. The lowest BCUT2D eigenvalue weighted by atomic mass is 10.3. The summed E-state index contributed by atoms with van der Waals surface area (Å²) >= 11 is 6.03. The van der Waals surface area contributed by atoms with Gasteiger partial charge in [0.15, 0.2) is 5.96 Å². The van der Waals surface area contributed by atoms with E-state index in [2.05, 4.69) is 20.6 Å². The zero-order valence-corrected chi connectivity index (χ0v) is 17.0. The molecular weight excluding hydrogens is 443 g/mol. The summed E-state index contributed by atoms with van der Waals surface area (Å²) in [6.45, 7) is 5.35. The molecule has 1 heterocycles. The van der Waals surface area contributed by atoms with E-state index in [9.17, 15) is 0 Å². The molecule has 0 fully saturated rings. The molecule has 2 rings (SSSR count). The lowest BCUT2D eigenvalue weighted by molar-refractivity contribution is 0.322. The van der Waals surface area contributed by atoms with Crippen LogP contribution in [0, 0.1) is 13.8 Å². The van der Waals surface area contributed by atoms with Gasteiger partial charge in [0, 0.05) is 7.05 Å². The Morgan fingerprint density at radius 1 is 1.29 bits per heavy atom. The van der Waals surface area contributed by atoms with Crippen molar-refractivity contribution in [2.45, 2.75) is 20.4 Å². The molecule has 0 amide bonds. The number of oxazole rings is 1. The van der Waals surface area contributed by atoms with E-state index in [1.54, 1.807) is 13.1 Å². The van der Waals surface area contributed by atoms with Crippen LogP contribution in [0.1, 0.15) is 17.3 Å². The van der Waals surface area contributed by atoms with Gasteiger partial charge in [0.2, 0.25) is 5.89 Å².